The second kappa shape index (κ2) is 8.39. The van der Waals surface area contributed by atoms with Gasteiger partial charge in [0.05, 0.1) is 5.25 Å². The standard InChI is InChI=1S/C19H26N4OS2/c1-12-8-10-23(11-9-12)17(24)15(4)25-19-22-21-18(26-19)20-16-7-5-6-13(2)14(16)3/h5-7,12,15H,8-11H2,1-4H3,(H,20,21)/t15-/m0/s1. The molecule has 1 aliphatic rings. The van der Waals surface area contributed by atoms with Crippen molar-refractivity contribution in [1.29, 1.82) is 0 Å². The summed E-state index contributed by atoms with van der Waals surface area (Å²) in [7, 11) is 0. The van der Waals surface area contributed by atoms with Gasteiger partial charge in [-0.15, -0.1) is 10.2 Å². The lowest BCUT2D eigenvalue weighted by Crippen LogP contribution is -2.41. The van der Waals surface area contributed by atoms with Gasteiger partial charge in [0.15, 0.2) is 4.34 Å². The average molecular weight is 391 g/mol. The van der Waals surface area contributed by atoms with Crippen LogP contribution in [0.1, 0.15) is 37.8 Å². The summed E-state index contributed by atoms with van der Waals surface area (Å²) in [6.07, 6.45) is 2.21. The molecule has 2 aromatic rings. The van der Waals surface area contributed by atoms with E-state index in [1.165, 1.54) is 34.2 Å². The number of carbonyl (C=O) groups excluding carboxylic acids is 1. The SMILES string of the molecule is Cc1cccc(Nc2nnc(S[C@@H](C)C(=O)N3CCC(C)CC3)s2)c1C. The monoisotopic (exact) mass is 390 g/mol. The quantitative estimate of drug-likeness (QED) is 0.754. The Kier molecular flexibility index (Phi) is 6.19. The van der Waals surface area contributed by atoms with Crippen molar-refractivity contribution in [1.82, 2.24) is 15.1 Å². The van der Waals surface area contributed by atoms with Gasteiger partial charge in [0, 0.05) is 18.8 Å². The fraction of sp³-hybridized carbons (Fsp3) is 0.526. The molecule has 1 N–H and O–H groups in total. The molecule has 1 aromatic heterocycles. The number of likely N-dealkylation sites (tertiary alicyclic amines) is 1. The molecular formula is C19H26N4OS2. The summed E-state index contributed by atoms with van der Waals surface area (Å²) in [5.41, 5.74) is 3.49. The molecule has 1 atom stereocenters. The van der Waals surface area contributed by atoms with Crippen molar-refractivity contribution in [3.05, 3.63) is 29.3 Å². The Hall–Kier alpha value is -1.60. The third-order valence-electron chi connectivity index (χ3n) is 4.97. The molecule has 1 fully saturated rings. The van der Waals surface area contributed by atoms with E-state index in [2.05, 4.69) is 42.4 Å². The molecule has 1 aromatic carbocycles. The highest BCUT2D eigenvalue weighted by molar-refractivity contribution is 8.02. The smallest absolute Gasteiger partial charge is 0.235 e. The first-order valence-corrected chi connectivity index (χ1v) is 10.8. The molecule has 0 aliphatic carbocycles. The molecule has 1 amide bonds. The van der Waals surface area contributed by atoms with Crippen molar-refractivity contribution in [3.63, 3.8) is 0 Å². The highest BCUT2D eigenvalue weighted by Crippen LogP contribution is 2.32. The van der Waals surface area contributed by atoms with Crippen LogP contribution < -0.4 is 5.32 Å². The number of piperidine rings is 1. The number of amides is 1. The molecule has 7 heteroatoms. The number of carbonyl (C=O) groups is 1. The third kappa shape index (κ3) is 4.57. The van der Waals surface area contributed by atoms with Crippen molar-refractivity contribution in [2.75, 3.05) is 18.4 Å². The minimum atomic E-state index is -0.134. The van der Waals surface area contributed by atoms with Crippen LogP contribution in [-0.4, -0.2) is 39.3 Å². The topological polar surface area (TPSA) is 58.1 Å². The van der Waals surface area contributed by atoms with Crippen LogP contribution in [0.25, 0.3) is 0 Å². The van der Waals surface area contributed by atoms with Gasteiger partial charge in [0.25, 0.3) is 0 Å². The van der Waals surface area contributed by atoms with E-state index in [0.717, 1.165) is 47.0 Å². The summed E-state index contributed by atoms with van der Waals surface area (Å²) < 4.78 is 0.823. The lowest BCUT2D eigenvalue weighted by Gasteiger charge is -2.31. The Morgan fingerprint density at radius 1 is 1.31 bits per heavy atom. The van der Waals surface area contributed by atoms with Gasteiger partial charge in [-0.3, -0.25) is 4.79 Å². The predicted octanol–water partition coefficient (Wildman–Crippen LogP) is 4.64. The average Bonchev–Trinajstić information content (AvgIpc) is 3.06. The van der Waals surface area contributed by atoms with Crippen molar-refractivity contribution in [2.45, 2.75) is 50.1 Å². The van der Waals surface area contributed by atoms with Crippen LogP contribution in [0.15, 0.2) is 22.5 Å². The molecule has 0 radical (unpaired) electrons. The molecule has 3 rings (SSSR count). The summed E-state index contributed by atoms with van der Waals surface area (Å²) in [4.78, 5) is 14.6. The summed E-state index contributed by atoms with van der Waals surface area (Å²) in [5.74, 6) is 0.935. The van der Waals surface area contributed by atoms with Gasteiger partial charge in [-0.25, -0.2) is 0 Å². The van der Waals surface area contributed by atoms with Gasteiger partial charge < -0.3 is 10.2 Å². The Bertz CT molecular complexity index is 769. The van der Waals surface area contributed by atoms with Gasteiger partial charge in [0.2, 0.25) is 11.0 Å². The minimum absolute atomic E-state index is 0.134. The first kappa shape index (κ1) is 19.2. The number of hydrogen-bond acceptors (Lipinski definition) is 6. The first-order chi connectivity index (χ1) is 12.4. The van der Waals surface area contributed by atoms with Crippen LogP contribution in [0.5, 0.6) is 0 Å². The lowest BCUT2D eigenvalue weighted by atomic mass is 9.99. The van der Waals surface area contributed by atoms with Crippen LogP contribution in [0.4, 0.5) is 10.8 Å². The number of anilines is 2. The second-order valence-electron chi connectivity index (χ2n) is 7.01. The van der Waals surface area contributed by atoms with Gasteiger partial charge in [-0.2, -0.15) is 0 Å². The Balaban J connectivity index is 1.59. The summed E-state index contributed by atoms with van der Waals surface area (Å²) in [6, 6.07) is 6.16. The molecule has 0 bridgehead atoms. The van der Waals surface area contributed by atoms with Crippen LogP contribution in [0.2, 0.25) is 0 Å². The zero-order valence-corrected chi connectivity index (χ0v) is 17.4. The number of aryl methyl sites for hydroxylation is 1. The molecule has 0 saturated carbocycles. The van der Waals surface area contributed by atoms with E-state index < -0.39 is 0 Å². The molecule has 0 spiro atoms. The molecule has 2 heterocycles. The predicted molar refractivity (Wildman–Crippen MR) is 109 cm³/mol. The zero-order chi connectivity index (χ0) is 18.7. The van der Waals surface area contributed by atoms with E-state index in [-0.39, 0.29) is 11.2 Å². The summed E-state index contributed by atoms with van der Waals surface area (Å²) in [6.45, 7) is 10.2. The fourth-order valence-corrected chi connectivity index (χ4v) is 4.99. The van der Waals surface area contributed by atoms with Crippen molar-refractivity contribution >= 4 is 39.8 Å². The normalized spacial score (nSPS) is 16.5. The zero-order valence-electron chi connectivity index (χ0n) is 15.8. The summed E-state index contributed by atoms with van der Waals surface area (Å²) >= 11 is 2.99. The van der Waals surface area contributed by atoms with Crippen molar-refractivity contribution < 1.29 is 4.79 Å². The molecule has 5 nitrogen and oxygen atoms in total. The number of hydrogen-bond donors (Lipinski definition) is 1. The highest BCUT2D eigenvalue weighted by Gasteiger charge is 2.26. The Labute approximate surface area is 163 Å². The summed E-state index contributed by atoms with van der Waals surface area (Å²) in [5, 5.41) is 12.4. The first-order valence-electron chi connectivity index (χ1n) is 9.06. The van der Waals surface area contributed by atoms with Gasteiger partial charge >= 0.3 is 0 Å². The molecule has 1 saturated heterocycles. The van der Waals surface area contributed by atoms with E-state index in [9.17, 15) is 4.79 Å². The van der Waals surface area contributed by atoms with Crippen LogP contribution in [0, 0.1) is 19.8 Å². The maximum absolute atomic E-state index is 12.6. The maximum atomic E-state index is 12.6. The van der Waals surface area contributed by atoms with Crippen LogP contribution in [0.3, 0.4) is 0 Å². The number of thioether (sulfide) groups is 1. The molecule has 0 unspecified atom stereocenters. The molecule has 26 heavy (non-hydrogen) atoms. The van der Waals surface area contributed by atoms with E-state index in [4.69, 9.17) is 0 Å². The number of benzene rings is 1. The number of rotatable bonds is 5. The van der Waals surface area contributed by atoms with E-state index in [0.29, 0.717) is 0 Å². The van der Waals surface area contributed by atoms with Crippen molar-refractivity contribution in [2.24, 2.45) is 5.92 Å². The van der Waals surface area contributed by atoms with Crippen LogP contribution in [-0.2, 0) is 4.79 Å². The minimum Gasteiger partial charge on any atom is -0.342 e. The molecule has 140 valence electrons. The molecule has 1 aliphatic heterocycles. The number of nitrogens with zero attached hydrogens (tertiary/aromatic N) is 3. The second-order valence-corrected chi connectivity index (χ2v) is 9.58. The molecular weight excluding hydrogens is 364 g/mol. The van der Waals surface area contributed by atoms with Gasteiger partial charge in [0.1, 0.15) is 0 Å². The van der Waals surface area contributed by atoms with Crippen molar-refractivity contribution in [3.8, 4) is 0 Å². The van der Waals surface area contributed by atoms with E-state index in [1.54, 1.807) is 0 Å². The lowest BCUT2D eigenvalue weighted by molar-refractivity contribution is -0.131. The highest BCUT2D eigenvalue weighted by atomic mass is 32.2. The van der Waals surface area contributed by atoms with E-state index >= 15 is 0 Å². The largest absolute Gasteiger partial charge is 0.342 e. The Morgan fingerprint density at radius 3 is 2.77 bits per heavy atom. The number of nitrogens with one attached hydrogen (secondary N) is 1. The van der Waals surface area contributed by atoms with Gasteiger partial charge in [-0.1, -0.05) is 42.2 Å². The number of aromatic nitrogens is 2. The third-order valence-corrected chi connectivity index (χ3v) is 6.98. The maximum Gasteiger partial charge on any atom is 0.235 e. The Morgan fingerprint density at radius 2 is 2.04 bits per heavy atom. The van der Waals surface area contributed by atoms with Gasteiger partial charge in [-0.05, 0) is 56.7 Å². The fourth-order valence-electron chi connectivity index (χ4n) is 3.00. The van der Waals surface area contributed by atoms with Crippen LogP contribution >= 0.6 is 23.1 Å². The van der Waals surface area contributed by atoms with E-state index in [1.807, 2.05) is 24.0 Å².